The van der Waals surface area contributed by atoms with Gasteiger partial charge in [0.15, 0.2) is 0 Å². The van der Waals surface area contributed by atoms with Gasteiger partial charge in [-0.1, -0.05) is 12.5 Å². The number of likely N-dealkylation sites (tertiary alicyclic amines) is 1. The third-order valence-corrected chi connectivity index (χ3v) is 3.85. The molecule has 0 aromatic rings. The molecule has 0 radical (unpaired) electrons. The van der Waals surface area contributed by atoms with Crippen molar-refractivity contribution in [1.29, 1.82) is 0 Å². The van der Waals surface area contributed by atoms with Crippen LogP contribution in [0.1, 0.15) is 25.7 Å². The van der Waals surface area contributed by atoms with E-state index in [0.717, 1.165) is 11.8 Å². The molecule has 2 aliphatic heterocycles. The third kappa shape index (κ3) is 3.05. The van der Waals surface area contributed by atoms with Crippen LogP contribution in [0, 0.1) is 11.8 Å². The van der Waals surface area contributed by atoms with Gasteiger partial charge in [0.1, 0.15) is 0 Å². The second-order valence-corrected chi connectivity index (χ2v) is 5.08. The summed E-state index contributed by atoms with van der Waals surface area (Å²) in [5.41, 5.74) is 0. The molecule has 0 aromatic heterocycles. The van der Waals surface area contributed by atoms with Gasteiger partial charge < -0.3 is 10.2 Å². The SMILES string of the molecule is C=CCCCCCN1CC2CNCC2C1. The van der Waals surface area contributed by atoms with E-state index >= 15 is 0 Å². The molecule has 2 heteroatoms. The van der Waals surface area contributed by atoms with E-state index in [-0.39, 0.29) is 0 Å². The quantitative estimate of drug-likeness (QED) is 0.529. The molecule has 2 unspecified atom stereocenters. The lowest BCUT2D eigenvalue weighted by molar-refractivity contribution is 0.305. The van der Waals surface area contributed by atoms with Gasteiger partial charge in [0.25, 0.3) is 0 Å². The number of hydrogen-bond donors (Lipinski definition) is 1. The lowest BCUT2D eigenvalue weighted by Crippen LogP contribution is -2.26. The molecule has 2 atom stereocenters. The fourth-order valence-electron chi connectivity index (χ4n) is 2.94. The molecule has 0 aliphatic carbocycles. The Balaban J connectivity index is 1.55. The Morgan fingerprint density at radius 3 is 2.53 bits per heavy atom. The van der Waals surface area contributed by atoms with Crippen molar-refractivity contribution in [2.24, 2.45) is 11.8 Å². The van der Waals surface area contributed by atoms with Crippen molar-refractivity contribution in [3.8, 4) is 0 Å². The first-order valence-electron chi connectivity index (χ1n) is 6.44. The smallest absolute Gasteiger partial charge is 0.00255 e. The maximum Gasteiger partial charge on any atom is 0.00255 e. The highest BCUT2D eigenvalue weighted by atomic mass is 15.2. The summed E-state index contributed by atoms with van der Waals surface area (Å²) in [6.45, 7) is 10.3. The minimum atomic E-state index is 0.957. The molecule has 0 spiro atoms. The maximum absolute atomic E-state index is 3.76. The van der Waals surface area contributed by atoms with Crippen molar-refractivity contribution in [3.05, 3.63) is 12.7 Å². The largest absolute Gasteiger partial charge is 0.316 e. The number of rotatable bonds is 6. The molecule has 2 nitrogen and oxygen atoms in total. The molecular weight excluding hydrogens is 184 g/mol. The van der Waals surface area contributed by atoms with Crippen LogP contribution in [0.25, 0.3) is 0 Å². The van der Waals surface area contributed by atoms with Crippen LogP contribution in [-0.4, -0.2) is 37.6 Å². The zero-order valence-corrected chi connectivity index (χ0v) is 9.75. The molecule has 2 saturated heterocycles. The van der Waals surface area contributed by atoms with Crippen molar-refractivity contribution in [1.82, 2.24) is 10.2 Å². The molecule has 2 aliphatic rings. The minimum Gasteiger partial charge on any atom is -0.316 e. The number of unbranched alkanes of at least 4 members (excludes halogenated alkanes) is 3. The van der Waals surface area contributed by atoms with E-state index in [9.17, 15) is 0 Å². The molecule has 2 heterocycles. The van der Waals surface area contributed by atoms with E-state index in [4.69, 9.17) is 0 Å². The van der Waals surface area contributed by atoms with Gasteiger partial charge >= 0.3 is 0 Å². The Morgan fingerprint density at radius 1 is 1.13 bits per heavy atom. The first kappa shape index (κ1) is 11.2. The molecule has 0 saturated carbocycles. The van der Waals surface area contributed by atoms with Gasteiger partial charge in [0.2, 0.25) is 0 Å². The van der Waals surface area contributed by atoms with Crippen LogP contribution in [-0.2, 0) is 0 Å². The average Bonchev–Trinajstić information content (AvgIpc) is 2.77. The summed E-state index contributed by atoms with van der Waals surface area (Å²) >= 11 is 0. The Bertz CT molecular complexity index is 191. The van der Waals surface area contributed by atoms with Gasteiger partial charge in [0, 0.05) is 13.1 Å². The topological polar surface area (TPSA) is 15.3 Å². The zero-order chi connectivity index (χ0) is 10.5. The predicted octanol–water partition coefficient (Wildman–Crippen LogP) is 1.88. The van der Waals surface area contributed by atoms with Gasteiger partial charge in [0.05, 0.1) is 0 Å². The molecular formula is C13H24N2. The summed E-state index contributed by atoms with van der Waals surface area (Å²) < 4.78 is 0. The fraction of sp³-hybridized carbons (Fsp3) is 0.846. The second kappa shape index (κ2) is 5.66. The highest BCUT2D eigenvalue weighted by molar-refractivity contribution is 4.90. The van der Waals surface area contributed by atoms with E-state index in [0.29, 0.717) is 0 Å². The number of nitrogens with one attached hydrogen (secondary N) is 1. The van der Waals surface area contributed by atoms with E-state index in [1.807, 2.05) is 6.08 Å². The summed E-state index contributed by atoms with van der Waals surface area (Å²) in [6.07, 6.45) is 7.30. The van der Waals surface area contributed by atoms with Crippen LogP contribution >= 0.6 is 0 Å². The molecule has 0 bridgehead atoms. The van der Waals surface area contributed by atoms with Crippen LogP contribution in [0.15, 0.2) is 12.7 Å². The van der Waals surface area contributed by atoms with Crippen LogP contribution < -0.4 is 5.32 Å². The Labute approximate surface area is 93.7 Å². The van der Waals surface area contributed by atoms with Gasteiger partial charge in [-0.15, -0.1) is 6.58 Å². The first-order valence-corrected chi connectivity index (χ1v) is 6.44. The normalized spacial score (nSPS) is 30.7. The molecule has 2 rings (SSSR count). The summed E-state index contributed by atoms with van der Waals surface area (Å²) in [4.78, 5) is 2.67. The van der Waals surface area contributed by atoms with Crippen molar-refractivity contribution in [2.45, 2.75) is 25.7 Å². The van der Waals surface area contributed by atoms with Crippen molar-refractivity contribution >= 4 is 0 Å². The zero-order valence-electron chi connectivity index (χ0n) is 9.75. The number of hydrogen-bond acceptors (Lipinski definition) is 2. The van der Waals surface area contributed by atoms with E-state index < -0.39 is 0 Å². The van der Waals surface area contributed by atoms with E-state index in [2.05, 4.69) is 16.8 Å². The number of allylic oxidation sites excluding steroid dienone is 1. The summed E-state index contributed by atoms with van der Waals surface area (Å²) in [6, 6.07) is 0. The highest BCUT2D eigenvalue weighted by Crippen LogP contribution is 2.26. The van der Waals surface area contributed by atoms with Gasteiger partial charge in [-0.3, -0.25) is 0 Å². The Hall–Kier alpha value is -0.340. The van der Waals surface area contributed by atoms with Crippen molar-refractivity contribution < 1.29 is 0 Å². The minimum absolute atomic E-state index is 0.957. The van der Waals surface area contributed by atoms with E-state index in [1.54, 1.807) is 0 Å². The lowest BCUT2D eigenvalue weighted by atomic mass is 10.0. The summed E-state index contributed by atoms with van der Waals surface area (Å²) in [5, 5.41) is 3.49. The number of nitrogens with zero attached hydrogens (tertiary/aromatic N) is 1. The second-order valence-electron chi connectivity index (χ2n) is 5.08. The standard InChI is InChI=1S/C13H24N2/c1-2-3-4-5-6-7-15-10-12-8-14-9-13(12)11-15/h2,12-14H,1,3-11H2. The predicted molar refractivity (Wildman–Crippen MR) is 65.0 cm³/mol. The molecule has 86 valence electrons. The number of fused-ring (bicyclic) bond motifs is 1. The highest BCUT2D eigenvalue weighted by Gasteiger charge is 2.35. The van der Waals surface area contributed by atoms with Crippen LogP contribution in [0.2, 0.25) is 0 Å². The van der Waals surface area contributed by atoms with Gasteiger partial charge in [-0.2, -0.15) is 0 Å². The molecule has 0 amide bonds. The van der Waals surface area contributed by atoms with Gasteiger partial charge in [-0.25, -0.2) is 0 Å². The average molecular weight is 208 g/mol. The Kier molecular flexibility index (Phi) is 4.21. The van der Waals surface area contributed by atoms with Gasteiger partial charge in [-0.05, 0) is 50.7 Å². The Morgan fingerprint density at radius 2 is 1.87 bits per heavy atom. The monoisotopic (exact) mass is 208 g/mol. The summed E-state index contributed by atoms with van der Waals surface area (Å²) in [5.74, 6) is 1.91. The molecule has 1 N–H and O–H groups in total. The van der Waals surface area contributed by atoms with Crippen molar-refractivity contribution in [3.63, 3.8) is 0 Å². The maximum atomic E-state index is 3.76. The van der Waals surface area contributed by atoms with Crippen LogP contribution in [0.3, 0.4) is 0 Å². The van der Waals surface area contributed by atoms with E-state index in [1.165, 1.54) is 58.4 Å². The summed E-state index contributed by atoms with van der Waals surface area (Å²) in [7, 11) is 0. The first-order chi connectivity index (χ1) is 7.40. The van der Waals surface area contributed by atoms with Crippen molar-refractivity contribution in [2.75, 3.05) is 32.7 Å². The fourth-order valence-corrected chi connectivity index (χ4v) is 2.94. The lowest BCUT2D eigenvalue weighted by Gasteiger charge is -2.16. The van der Waals surface area contributed by atoms with Crippen LogP contribution in [0.4, 0.5) is 0 Å². The molecule has 0 aromatic carbocycles. The molecule has 2 fully saturated rings. The van der Waals surface area contributed by atoms with Crippen LogP contribution in [0.5, 0.6) is 0 Å². The third-order valence-electron chi connectivity index (χ3n) is 3.85. The molecule has 15 heavy (non-hydrogen) atoms.